The molecular weight excluding hydrogens is 412 g/mol. The van der Waals surface area contributed by atoms with Crippen molar-refractivity contribution in [3.63, 3.8) is 0 Å². The summed E-state index contributed by atoms with van der Waals surface area (Å²) in [4.78, 5) is 27.1. The third kappa shape index (κ3) is 6.10. The van der Waals surface area contributed by atoms with Crippen LogP contribution in [0.4, 0.5) is 0 Å². The number of phenolic OH excluding ortho intramolecular Hbond substituents is 2. The summed E-state index contributed by atoms with van der Waals surface area (Å²) in [6.45, 7) is 4.26. The topological polar surface area (TPSA) is 74.6 Å². The third-order valence-corrected chi connectivity index (χ3v) is 5.96. The molecule has 3 aromatic carbocycles. The predicted octanol–water partition coefficient (Wildman–Crippen LogP) is 6.63. The molecule has 0 aliphatic carbocycles. The van der Waals surface area contributed by atoms with Crippen LogP contribution < -0.4 is 0 Å². The van der Waals surface area contributed by atoms with E-state index in [0.29, 0.717) is 11.1 Å². The molecule has 172 valence electrons. The second kappa shape index (κ2) is 11.5. The van der Waals surface area contributed by atoms with Gasteiger partial charge >= 0.3 is 0 Å². The van der Waals surface area contributed by atoms with E-state index in [9.17, 15) is 19.8 Å². The zero-order valence-corrected chi connectivity index (χ0v) is 19.4. The standard InChI is InChI=1S/C29H32O4/c1-3-5-7-20-9-13-22(14-10-20)28(32)27(25-19-24(30)17-18-26(25)31)29(33)23-15-11-21(12-16-23)8-6-4-2/h9-19,27,30-31H,3-8H2,1-2H3. The molecule has 0 saturated carbocycles. The summed E-state index contributed by atoms with van der Waals surface area (Å²) >= 11 is 0. The Balaban J connectivity index is 1.97. The van der Waals surface area contributed by atoms with Crippen LogP contribution in [0.5, 0.6) is 11.5 Å². The number of ketones is 2. The molecule has 4 nitrogen and oxygen atoms in total. The Labute approximate surface area is 195 Å². The lowest BCUT2D eigenvalue weighted by Gasteiger charge is -2.18. The summed E-state index contributed by atoms with van der Waals surface area (Å²) in [7, 11) is 0. The molecule has 2 N–H and O–H groups in total. The van der Waals surface area contributed by atoms with Crippen LogP contribution in [-0.4, -0.2) is 21.8 Å². The number of aryl methyl sites for hydroxylation is 2. The summed E-state index contributed by atoms with van der Waals surface area (Å²) in [6, 6.07) is 18.5. The summed E-state index contributed by atoms with van der Waals surface area (Å²) in [5.74, 6) is -2.37. The van der Waals surface area contributed by atoms with Gasteiger partial charge in [0, 0.05) is 16.7 Å². The van der Waals surface area contributed by atoms with Crippen molar-refractivity contribution in [3.8, 4) is 11.5 Å². The molecule has 0 aromatic heterocycles. The van der Waals surface area contributed by atoms with E-state index in [1.807, 2.05) is 24.3 Å². The van der Waals surface area contributed by atoms with Gasteiger partial charge in [0.2, 0.25) is 0 Å². The molecule has 0 aliphatic rings. The van der Waals surface area contributed by atoms with Gasteiger partial charge < -0.3 is 10.2 Å². The van der Waals surface area contributed by atoms with Crippen LogP contribution in [0.3, 0.4) is 0 Å². The largest absolute Gasteiger partial charge is 0.508 e. The number of rotatable bonds is 11. The second-order valence-corrected chi connectivity index (χ2v) is 8.51. The molecule has 3 rings (SSSR count). The minimum Gasteiger partial charge on any atom is -0.508 e. The summed E-state index contributed by atoms with van der Waals surface area (Å²) in [5, 5.41) is 20.5. The number of phenols is 2. The van der Waals surface area contributed by atoms with Crippen molar-refractivity contribution >= 4 is 11.6 Å². The first-order chi connectivity index (χ1) is 15.9. The number of unbranched alkanes of at least 4 members (excludes halogenated alkanes) is 2. The molecule has 0 unspecified atom stereocenters. The Morgan fingerprint density at radius 2 is 1.15 bits per heavy atom. The second-order valence-electron chi connectivity index (χ2n) is 8.51. The maximum Gasteiger partial charge on any atom is 0.178 e. The zero-order chi connectivity index (χ0) is 23.8. The van der Waals surface area contributed by atoms with Crippen LogP contribution in [-0.2, 0) is 12.8 Å². The Kier molecular flexibility index (Phi) is 8.42. The van der Waals surface area contributed by atoms with Crippen molar-refractivity contribution in [3.05, 3.63) is 94.5 Å². The van der Waals surface area contributed by atoms with Gasteiger partial charge in [0.25, 0.3) is 0 Å². The SMILES string of the molecule is CCCCc1ccc(C(=O)C(C(=O)c2ccc(CCCC)cc2)c2cc(O)ccc2O)cc1. The first-order valence-electron chi connectivity index (χ1n) is 11.7. The average molecular weight is 445 g/mol. The lowest BCUT2D eigenvalue weighted by atomic mass is 9.83. The van der Waals surface area contributed by atoms with Crippen molar-refractivity contribution in [2.45, 2.75) is 58.3 Å². The van der Waals surface area contributed by atoms with Crippen LogP contribution in [0.2, 0.25) is 0 Å². The fourth-order valence-corrected chi connectivity index (χ4v) is 3.94. The zero-order valence-electron chi connectivity index (χ0n) is 19.4. The number of hydrogen-bond donors (Lipinski definition) is 2. The molecular formula is C29H32O4. The van der Waals surface area contributed by atoms with E-state index < -0.39 is 17.5 Å². The first-order valence-corrected chi connectivity index (χ1v) is 11.7. The van der Waals surface area contributed by atoms with Crippen molar-refractivity contribution < 1.29 is 19.8 Å². The van der Waals surface area contributed by atoms with Gasteiger partial charge in [0.15, 0.2) is 11.6 Å². The Bertz CT molecular complexity index is 1020. The van der Waals surface area contributed by atoms with E-state index in [1.54, 1.807) is 24.3 Å². The van der Waals surface area contributed by atoms with Gasteiger partial charge in [-0.1, -0.05) is 75.2 Å². The van der Waals surface area contributed by atoms with Crippen LogP contribution in [0.1, 0.15) is 82.9 Å². The normalized spacial score (nSPS) is 11.0. The van der Waals surface area contributed by atoms with Gasteiger partial charge in [-0.2, -0.15) is 0 Å². The van der Waals surface area contributed by atoms with Crippen molar-refractivity contribution in [2.75, 3.05) is 0 Å². The smallest absolute Gasteiger partial charge is 0.178 e. The van der Waals surface area contributed by atoms with E-state index >= 15 is 0 Å². The van der Waals surface area contributed by atoms with Crippen LogP contribution >= 0.6 is 0 Å². The quantitative estimate of drug-likeness (QED) is 0.198. The number of aromatic hydroxyl groups is 2. The number of carbonyl (C=O) groups excluding carboxylic acids is 2. The van der Waals surface area contributed by atoms with Gasteiger partial charge in [-0.25, -0.2) is 0 Å². The molecule has 0 atom stereocenters. The Morgan fingerprint density at radius 3 is 1.58 bits per heavy atom. The fraction of sp³-hybridized carbons (Fsp3) is 0.310. The van der Waals surface area contributed by atoms with Crippen LogP contribution in [0.25, 0.3) is 0 Å². The van der Waals surface area contributed by atoms with Gasteiger partial charge in [-0.05, 0) is 55.0 Å². The Hall–Kier alpha value is -3.40. The molecule has 0 saturated heterocycles. The van der Waals surface area contributed by atoms with E-state index in [-0.39, 0.29) is 17.1 Å². The molecule has 0 bridgehead atoms. The maximum absolute atomic E-state index is 13.5. The summed E-state index contributed by atoms with van der Waals surface area (Å²) < 4.78 is 0. The van der Waals surface area contributed by atoms with E-state index in [4.69, 9.17) is 0 Å². The van der Waals surface area contributed by atoms with E-state index in [2.05, 4.69) is 13.8 Å². The number of hydrogen-bond acceptors (Lipinski definition) is 4. The summed E-state index contributed by atoms with van der Waals surface area (Å²) in [6.07, 6.45) is 6.19. The van der Waals surface area contributed by atoms with Gasteiger partial charge in [-0.15, -0.1) is 0 Å². The lowest BCUT2D eigenvalue weighted by molar-refractivity contribution is 0.0858. The Morgan fingerprint density at radius 1 is 0.697 bits per heavy atom. The minimum absolute atomic E-state index is 0.107. The van der Waals surface area contributed by atoms with Gasteiger partial charge in [0.1, 0.15) is 17.4 Å². The van der Waals surface area contributed by atoms with Crippen molar-refractivity contribution in [2.24, 2.45) is 0 Å². The highest BCUT2D eigenvalue weighted by atomic mass is 16.3. The van der Waals surface area contributed by atoms with Crippen molar-refractivity contribution in [1.82, 2.24) is 0 Å². The molecule has 0 amide bonds. The molecule has 0 aliphatic heterocycles. The molecule has 0 fully saturated rings. The van der Waals surface area contributed by atoms with Crippen molar-refractivity contribution in [1.29, 1.82) is 0 Å². The third-order valence-electron chi connectivity index (χ3n) is 5.96. The average Bonchev–Trinajstić information content (AvgIpc) is 2.84. The fourth-order valence-electron chi connectivity index (χ4n) is 3.94. The van der Waals surface area contributed by atoms with Crippen LogP contribution in [0, 0.1) is 0 Å². The predicted molar refractivity (Wildman–Crippen MR) is 131 cm³/mol. The maximum atomic E-state index is 13.5. The molecule has 33 heavy (non-hydrogen) atoms. The number of benzene rings is 3. The lowest BCUT2D eigenvalue weighted by Crippen LogP contribution is -2.23. The van der Waals surface area contributed by atoms with Crippen LogP contribution in [0.15, 0.2) is 66.7 Å². The summed E-state index contributed by atoms with van der Waals surface area (Å²) in [5.41, 5.74) is 3.18. The highest BCUT2D eigenvalue weighted by Gasteiger charge is 2.32. The highest BCUT2D eigenvalue weighted by molar-refractivity contribution is 6.20. The molecule has 0 radical (unpaired) electrons. The highest BCUT2D eigenvalue weighted by Crippen LogP contribution is 2.34. The van der Waals surface area contributed by atoms with E-state index in [1.165, 1.54) is 18.2 Å². The first kappa shape index (κ1) is 24.2. The van der Waals surface area contributed by atoms with Gasteiger partial charge in [0.05, 0.1) is 0 Å². The molecule has 3 aromatic rings. The molecule has 0 spiro atoms. The van der Waals surface area contributed by atoms with Gasteiger partial charge in [-0.3, -0.25) is 9.59 Å². The minimum atomic E-state index is -1.25. The molecule has 0 heterocycles. The van der Waals surface area contributed by atoms with E-state index in [0.717, 1.165) is 49.7 Å². The number of carbonyl (C=O) groups is 2. The monoisotopic (exact) mass is 444 g/mol. The number of Topliss-reactive ketones (excluding diaryl/α,β-unsaturated/α-hetero) is 2. The molecule has 4 heteroatoms.